The van der Waals surface area contributed by atoms with E-state index in [1.165, 1.54) is 12.1 Å². The first-order valence-corrected chi connectivity index (χ1v) is 9.98. The topological polar surface area (TPSA) is 79.3 Å². The van der Waals surface area contributed by atoms with Crippen LogP contribution in [-0.2, 0) is 9.47 Å². The summed E-state index contributed by atoms with van der Waals surface area (Å²) in [6, 6.07) is 6.09. The minimum Gasteiger partial charge on any atom is -0.508 e. The van der Waals surface area contributed by atoms with E-state index in [-0.39, 0.29) is 34.7 Å². The lowest BCUT2D eigenvalue weighted by Crippen LogP contribution is -2.50. The molecule has 2 N–H and O–H groups in total. The van der Waals surface area contributed by atoms with E-state index < -0.39 is 17.7 Å². The molecule has 0 aromatic heterocycles. The first-order valence-electron chi connectivity index (χ1n) is 9.98. The second-order valence-electron chi connectivity index (χ2n) is 9.60. The molecule has 2 saturated carbocycles. The Hall–Kier alpha value is -1.59. The van der Waals surface area contributed by atoms with Crippen LogP contribution in [0.3, 0.4) is 0 Å². The minimum atomic E-state index is -0.845. The van der Waals surface area contributed by atoms with Crippen LogP contribution in [0.2, 0.25) is 0 Å². The van der Waals surface area contributed by atoms with Gasteiger partial charge in [0.25, 0.3) is 0 Å². The molecule has 148 valence electrons. The van der Waals surface area contributed by atoms with Gasteiger partial charge in [-0.15, -0.1) is 0 Å². The van der Waals surface area contributed by atoms with Gasteiger partial charge < -0.3 is 19.7 Å². The first-order chi connectivity index (χ1) is 12.6. The van der Waals surface area contributed by atoms with Crippen molar-refractivity contribution < 1.29 is 24.5 Å². The Morgan fingerprint density at radius 3 is 2.48 bits per heavy atom. The number of aliphatic hydroxyl groups is 1. The zero-order valence-electron chi connectivity index (χ0n) is 16.6. The van der Waals surface area contributed by atoms with E-state index in [0.717, 1.165) is 19.3 Å². The SMILES string of the molecule is CC(C)[C@@]1(O)CC[C@@]2(C)C[C@@H]3O[C@@]3(C)C[C@H](OC(=O)c3ccc(O)cc3)[C@H]21. The zero-order chi connectivity index (χ0) is 19.6. The number of hydrogen-bond donors (Lipinski definition) is 2. The number of epoxide rings is 1. The van der Waals surface area contributed by atoms with Crippen molar-refractivity contribution >= 4 is 5.97 Å². The molecule has 4 rings (SSSR count). The number of ether oxygens (including phenoxy) is 2. The van der Waals surface area contributed by atoms with E-state index >= 15 is 0 Å². The lowest BCUT2D eigenvalue weighted by atomic mass is 9.67. The summed E-state index contributed by atoms with van der Waals surface area (Å²) in [6.07, 6.45) is 2.92. The number of rotatable bonds is 3. The van der Waals surface area contributed by atoms with Crippen LogP contribution in [0.25, 0.3) is 0 Å². The van der Waals surface area contributed by atoms with Crippen molar-refractivity contribution in [2.24, 2.45) is 17.3 Å². The molecule has 0 amide bonds. The molecule has 27 heavy (non-hydrogen) atoms. The zero-order valence-corrected chi connectivity index (χ0v) is 16.6. The van der Waals surface area contributed by atoms with E-state index in [1.807, 2.05) is 0 Å². The summed E-state index contributed by atoms with van der Waals surface area (Å²) in [7, 11) is 0. The van der Waals surface area contributed by atoms with Crippen molar-refractivity contribution in [3.8, 4) is 5.75 Å². The van der Waals surface area contributed by atoms with Gasteiger partial charge in [-0.2, -0.15) is 0 Å². The average molecular weight is 374 g/mol. The lowest BCUT2D eigenvalue weighted by Gasteiger charge is -2.44. The molecule has 0 radical (unpaired) electrons. The quantitative estimate of drug-likeness (QED) is 0.623. The van der Waals surface area contributed by atoms with Gasteiger partial charge in [0, 0.05) is 12.3 Å². The van der Waals surface area contributed by atoms with Crippen molar-refractivity contribution in [1.82, 2.24) is 0 Å². The number of benzene rings is 1. The van der Waals surface area contributed by atoms with Crippen LogP contribution in [0.4, 0.5) is 0 Å². The molecule has 1 heterocycles. The molecule has 6 atom stereocenters. The summed E-state index contributed by atoms with van der Waals surface area (Å²) < 4.78 is 12.0. The number of phenols is 1. The van der Waals surface area contributed by atoms with Crippen molar-refractivity contribution in [3.63, 3.8) is 0 Å². The van der Waals surface area contributed by atoms with Gasteiger partial charge in [-0.3, -0.25) is 0 Å². The Kier molecular flexibility index (Phi) is 4.13. The summed E-state index contributed by atoms with van der Waals surface area (Å²) in [4.78, 5) is 12.8. The third-order valence-corrected chi connectivity index (χ3v) is 7.41. The van der Waals surface area contributed by atoms with E-state index in [2.05, 4.69) is 27.7 Å². The van der Waals surface area contributed by atoms with E-state index in [9.17, 15) is 15.0 Å². The number of aromatic hydroxyl groups is 1. The van der Waals surface area contributed by atoms with Crippen LogP contribution in [0.1, 0.15) is 63.7 Å². The molecule has 5 heteroatoms. The molecule has 1 aromatic rings. The Morgan fingerprint density at radius 2 is 1.85 bits per heavy atom. The van der Waals surface area contributed by atoms with Crippen LogP contribution in [0.5, 0.6) is 5.75 Å². The molecule has 1 aromatic carbocycles. The maximum atomic E-state index is 12.8. The van der Waals surface area contributed by atoms with Gasteiger partial charge in [-0.25, -0.2) is 4.79 Å². The summed E-state index contributed by atoms with van der Waals surface area (Å²) >= 11 is 0. The summed E-state index contributed by atoms with van der Waals surface area (Å²) in [5.74, 6) is -0.329. The van der Waals surface area contributed by atoms with Gasteiger partial charge in [-0.05, 0) is 61.8 Å². The van der Waals surface area contributed by atoms with Crippen molar-refractivity contribution in [2.45, 2.75) is 76.8 Å². The third-order valence-electron chi connectivity index (χ3n) is 7.41. The highest BCUT2D eigenvalue weighted by atomic mass is 16.6. The maximum absolute atomic E-state index is 12.8. The van der Waals surface area contributed by atoms with Crippen LogP contribution >= 0.6 is 0 Å². The average Bonchev–Trinajstić information content (AvgIpc) is 3.12. The molecule has 3 aliphatic rings. The molecule has 1 saturated heterocycles. The number of esters is 1. The van der Waals surface area contributed by atoms with Crippen molar-refractivity contribution in [2.75, 3.05) is 0 Å². The van der Waals surface area contributed by atoms with E-state index in [1.54, 1.807) is 12.1 Å². The number of carbonyl (C=O) groups excluding carboxylic acids is 1. The van der Waals surface area contributed by atoms with Gasteiger partial charge in [0.1, 0.15) is 11.9 Å². The van der Waals surface area contributed by atoms with Crippen molar-refractivity contribution in [1.29, 1.82) is 0 Å². The maximum Gasteiger partial charge on any atom is 0.338 e. The van der Waals surface area contributed by atoms with Crippen LogP contribution in [-0.4, -0.2) is 39.6 Å². The monoisotopic (exact) mass is 374 g/mol. The lowest BCUT2D eigenvalue weighted by molar-refractivity contribution is -0.120. The van der Waals surface area contributed by atoms with Crippen LogP contribution < -0.4 is 0 Å². The molecule has 1 aliphatic heterocycles. The van der Waals surface area contributed by atoms with E-state index in [4.69, 9.17) is 9.47 Å². The third kappa shape index (κ3) is 2.95. The van der Waals surface area contributed by atoms with Crippen LogP contribution in [0.15, 0.2) is 24.3 Å². The molecule has 0 bridgehead atoms. The number of hydrogen-bond acceptors (Lipinski definition) is 5. The molecular formula is C22H30O5. The Bertz CT molecular complexity index is 744. The first kappa shape index (κ1) is 18.8. The summed E-state index contributed by atoms with van der Waals surface area (Å²) in [5.41, 5.74) is -0.826. The second-order valence-corrected chi connectivity index (χ2v) is 9.60. The number of fused-ring (bicyclic) bond motifs is 2. The second kappa shape index (κ2) is 5.95. The number of carbonyl (C=O) groups is 1. The molecule has 0 spiro atoms. The Balaban J connectivity index is 1.67. The van der Waals surface area contributed by atoms with Gasteiger partial charge in [0.2, 0.25) is 0 Å². The molecule has 2 aliphatic carbocycles. The minimum absolute atomic E-state index is 0.0855. The smallest absolute Gasteiger partial charge is 0.338 e. The highest BCUT2D eigenvalue weighted by molar-refractivity contribution is 5.89. The number of phenolic OH excluding ortho intramolecular Hbond substituents is 1. The fourth-order valence-electron chi connectivity index (χ4n) is 5.63. The van der Waals surface area contributed by atoms with Gasteiger partial charge >= 0.3 is 5.97 Å². The Morgan fingerprint density at radius 1 is 1.19 bits per heavy atom. The fourth-order valence-corrected chi connectivity index (χ4v) is 5.63. The highest BCUT2D eigenvalue weighted by Crippen LogP contribution is 2.63. The molecule has 0 unspecified atom stereocenters. The normalized spacial score (nSPS) is 43.0. The van der Waals surface area contributed by atoms with Gasteiger partial charge in [0.15, 0.2) is 0 Å². The predicted octanol–water partition coefficient (Wildman–Crippen LogP) is 3.67. The highest BCUT2D eigenvalue weighted by Gasteiger charge is 2.68. The van der Waals surface area contributed by atoms with Gasteiger partial charge in [0.05, 0.1) is 22.9 Å². The van der Waals surface area contributed by atoms with Crippen LogP contribution in [0, 0.1) is 17.3 Å². The Labute approximate surface area is 160 Å². The fraction of sp³-hybridized carbons (Fsp3) is 0.682. The predicted molar refractivity (Wildman–Crippen MR) is 100 cm³/mol. The molecule has 5 nitrogen and oxygen atoms in total. The summed E-state index contributed by atoms with van der Waals surface area (Å²) in [6.45, 7) is 8.40. The van der Waals surface area contributed by atoms with Crippen molar-refractivity contribution in [3.05, 3.63) is 29.8 Å². The van der Waals surface area contributed by atoms with E-state index in [0.29, 0.717) is 12.0 Å². The molecular weight excluding hydrogens is 344 g/mol. The standard InChI is InChI=1S/C22H30O5/c1-13(2)22(25)10-9-20(3)12-17-21(4,27-17)11-16(18(20)22)26-19(24)14-5-7-15(23)8-6-14/h5-8,13,16-18,23,25H,9-12H2,1-4H3/t16-,17-,18+,20-,21-,22-/m0/s1. The molecule has 3 fully saturated rings. The summed E-state index contributed by atoms with van der Waals surface area (Å²) in [5, 5.41) is 21.0. The van der Waals surface area contributed by atoms with Gasteiger partial charge in [-0.1, -0.05) is 20.8 Å². The largest absolute Gasteiger partial charge is 0.508 e.